The van der Waals surface area contributed by atoms with E-state index in [1.54, 1.807) is 13.1 Å². The molecule has 0 aliphatic carbocycles. The van der Waals surface area contributed by atoms with Gasteiger partial charge in [0, 0.05) is 24.0 Å². The topological polar surface area (TPSA) is 48.8 Å². The molecule has 4 rings (SSSR count). The summed E-state index contributed by atoms with van der Waals surface area (Å²) in [5.74, 6) is -1.81. The number of rotatable bonds is 6. The number of nitrogens with zero attached hydrogens (tertiary/aromatic N) is 2. The number of alkyl halides is 3. The SMILES string of the molecule is C[C@@H](Oc1nccn1-c1ccc(OC(F)(F)F)cc1)[C@@]1(c2ccc(F)cc2F)CO1. The number of ether oxygens (including phenoxy) is 3. The molecule has 0 N–H and O–H groups in total. The van der Waals surface area contributed by atoms with Crippen LogP contribution in [0.25, 0.3) is 5.69 Å². The Labute approximate surface area is 167 Å². The van der Waals surface area contributed by atoms with Crippen LogP contribution in [0.5, 0.6) is 11.8 Å². The zero-order valence-electron chi connectivity index (χ0n) is 15.5. The minimum absolute atomic E-state index is 0.129. The van der Waals surface area contributed by atoms with Gasteiger partial charge in [-0.2, -0.15) is 0 Å². The summed E-state index contributed by atoms with van der Waals surface area (Å²) in [5.41, 5.74) is -0.440. The second-order valence-electron chi connectivity index (χ2n) is 6.68. The van der Waals surface area contributed by atoms with Gasteiger partial charge in [0.05, 0.1) is 12.3 Å². The average Bonchev–Trinajstić information content (AvgIpc) is 3.34. The molecule has 2 heterocycles. The molecule has 0 spiro atoms. The Morgan fingerprint density at radius 2 is 1.83 bits per heavy atom. The number of imidazole rings is 1. The molecule has 0 saturated carbocycles. The highest BCUT2D eigenvalue weighted by Crippen LogP contribution is 2.44. The normalized spacial score (nSPS) is 19.4. The molecular formula is C20H15F5N2O3. The summed E-state index contributed by atoms with van der Waals surface area (Å²) in [6, 6.07) is 8.49. The number of hydrogen-bond donors (Lipinski definition) is 0. The van der Waals surface area contributed by atoms with Gasteiger partial charge in [-0.1, -0.05) is 6.07 Å². The van der Waals surface area contributed by atoms with Crippen molar-refractivity contribution in [3.8, 4) is 17.4 Å². The van der Waals surface area contributed by atoms with Crippen LogP contribution in [0.4, 0.5) is 22.0 Å². The van der Waals surface area contributed by atoms with Crippen LogP contribution in [-0.2, 0) is 10.3 Å². The molecule has 2 atom stereocenters. The van der Waals surface area contributed by atoms with Crippen LogP contribution in [0, 0.1) is 11.6 Å². The predicted molar refractivity (Wildman–Crippen MR) is 94.3 cm³/mol. The Hall–Kier alpha value is -3.14. The molecular weight excluding hydrogens is 411 g/mol. The lowest BCUT2D eigenvalue weighted by molar-refractivity contribution is -0.274. The zero-order chi connectivity index (χ0) is 21.5. The van der Waals surface area contributed by atoms with Crippen LogP contribution in [0.15, 0.2) is 54.9 Å². The molecule has 1 aromatic heterocycles. The van der Waals surface area contributed by atoms with Gasteiger partial charge in [0.25, 0.3) is 0 Å². The first-order valence-electron chi connectivity index (χ1n) is 8.84. The molecule has 3 aromatic rings. The molecule has 1 aliphatic rings. The number of aromatic nitrogens is 2. The predicted octanol–water partition coefficient (Wildman–Crippen LogP) is 4.74. The third-order valence-electron chi connectivity index (χ3n) is 4.74. The lowest BCUT2D eigenvalue weighted by Gasteiger charge is -2.22. The number of benzene rings is 2. The van der Waals surface area contributed by atoms with Crippen molar-refractivity contribution in [2.24, 2.45) is 0 Å². The van der Waals surface area contributed by atoms with Crippen LogP contribution in [0.1, 0.15) is 12.5 Å². The smallest absolute Gasteiger partial charge is 0.458 e. The lowest BCUT2D eigenvalue weighted by atomic mass is 9.94. The van der Waals surface area contributed by atoms with Crippen molar-refractivity contribution in [2.45, 2.75) is 25.0 Å². The third kappa shape index (κ3) is 3.95. The van der Waals surface area contributed by atoms with Gasteiger partial charge in [-0.15, -0.1) is 13.2 Å². The fraction of sp³-hybridized carbons (Fsp3) is 0.250. The highest BCUT2D eigenvalue weighted by Gasteiger charge is 2.54. The molecule has 0 bridgehead atoms. The van der Waals surface area contributed by atoms with Crippen LogP contribution in [-0.4, -0.2) is 28.6 Å². The standard InChI is InChI=1S/C20H15F5N2O3/c1-12(19(11-28-19)16-7-2-13(21)10-17(16)22)29-18-26-8-9-27(18)14-3-5-15(6-4-14)30-20(23,24)25/h2-10,12H,11H2,1H3/t12-,19-/m1/s1. The maximum Gasteiger partial charge on any atom is 0.573 e. The highest BCUT2D eigenvalue weighted by atomic mass is 19.4. The zero-order valence-corrected chi connectivity index (χ0v) is 15.5. The molecule has 0 unspecified atom stereocenters. The van der Waals surface area contributed by atoms with E-state index in [0.29, 0.717) is 5.69 Å². The largest absolute Gasteiger partial charge is 0.573 e. The summed E-state index contributed by atoms with van der Waals surface area (Å²) >= 11 is 0. The van der Waals surface area contributed by atoms with Crippen LogP contribution in [0.3, 0.4) is 0 Å². The van der Waals surface area contributed by atoms with Crippen molar-refractivity contribution in [2.75, 3.05) is 6.61 Å². The number of epoxide rings is 1. The van der Waals surface area contributed by atoms with E-state index in [1.165, 1.54) is 29.0 Å². The maximum atomic E-state index is 14.2. The molecule has 1 fully saturated rings. The van der Waals surface area contributed by atoms with Crippen molar-refractivity contribution < 1.29 is 36.2 Å². The van der Waals surface area contributed by atoms with E-state index in [1.807, 2.05) is 0 Å². The Bertz CT molecular complexity index is 1050. The molecule has 5 nitrogen and oxygen atoms in total. The lowest BCUT2D eigenvalue weighted by Crippen LogP contribution is -2.32. The molecule has 0 amide bonds. The Kier molecular flexibility index (Phi) is 4.89. The quantitative estimate of drug-likeness (QED) is 0.422. The van der Waals surface area contributed by atoms with E-state index in [9.17, 15) is 22.0 Å². The van der Waals surface area contributed by atoms with E-state index >= 15 is 0 Å². The van der Waals surface area contributed by atoms with Crippen LogP contribution >= 0.6 is 0 Å². The highest BCUT2D eigenvalue weighted by molar-refractivity contribution is 5.39. The van der Waals surface area contributed by atoms with Gasteiger partial charge in [-0.05, 0) is 37.3 Å². The van der Waals surface area contributed by atoms with Crippen molar-refractivity contribution in [1.29, 1.82) is 0 Å². The van der Waals surface area contributed by atoms with E-state index in [4.69, 9.17) is 9.47 Å². The van der Waals surface area contributed by atoms with Gasteiger partial charge in [0.15, 0.2) is 5.60 Å². The van der Waals surface area contributed by atoms with Crippen molar-refractivity contribution in [1.82, 2.24) is 9.55 Å². The number of halogens is 5. The van der Waals surface area contributed by atoms with E-state index in [2.05, 4.69) is 9.72 Å². The summed E-state index contributed by atoms with van der Waals surface area (Å²) in [5, 5.41) is 0. The van der Waals surface area contributed by atoms with Crippen LogP contribution in [0.2, 0.25) is 0 Å². The van der Waals surface area contributed by atoms with Crippen molar-refractivity contribution in [3.63, 3.8) is 0 Å². The molecule has 1 saturated heterocycles. The van der Waals surface area contributed by atoms with Crippen molar-refractivity contribution >= 4 is 0 Å². The first-order valence-corrected chi connectivity index (χ1v) is 8.84. The van der Waals surface area contributed by atoms with Gasteiger partial charge in [0.2, 0.25) is 0 Å². The second kappa shape index (κ2) is 7.28. The maximum absolute atomic E-state index is 14.2. The first kappa shape index (κ1) is 20.1. The van der Waals surface area contributed by atoms with Crippen molar-refractivity contribution in [3.05, 3.63) is 72.1 Å². The van der Waals surface area contributed by atoms with Gasteiger partial charge in [0.1, 0.15) is 23.5 Å². The van der Waals surface area contributed by atoms with Gasteiger partial charge < -0.3 is 14.2 Å². The Balaban J connectivity index is 1.54. The average molecular weight is 426 g/mol. The third-order valence-corrected chi connectivity index (χ3v) is 4.74. The number of hydrogen-bond acceptors (Lipinski definition) is 4. The minimum Gasteiger partial charge on any atom is -0.458 e. The van der Waals surface area contributed by atoms with E-state index in [0.717, 1.165) is 24.3 Å². The molecule has 30 heavy (non-hydrogen) atoms. The van der Waals surface area contributed by atoms with Gasteiger partial charge in [-0.25, -0.2) is 13.8 Å². The molecule has 1 aliphatic heterocycles. The Morgan fingerprint density at radius 1 is 1.13 bits per heavy atom. The minimum atomic E-state index is -4.78. The molecule has 158 valence electrons. The summed E-state index contributed by atoms with van der Waals surface area (Å²) in [7, 11) is 0. The molecule has 2 aromatic carbocycles. The summed E-state index contributed by atoms with van der Waals surface area (Å²) in [6.45, 7) is 1.84. The first-order chi connectivity index (χ1) is 14.2. The monoisotopic (exact) mass is 426 g/mol. The molecule has 0 radical (unpaired) electrons. The fourth-order valence-corrected chi connectivity index (χ4v) is 3.15. The van der Waals surface area contributed by atoms with Gasteiger partial charge >= 0.3 is 12.4 Å². The Morgan fingerprint density at radius 3 is 2.43 bits per heavy atom. The summed E-state index contributed by atoms with van der Waals surface area (Å²) < 4.78 is 81.1. The van der Waals surface area contributed by atoms with E-state index < -0.39 is 29.7 Å². The van der Waals surface area contributed by atoms with Gasteiger partial charge in [-0.3, -0.25) is 4.57 Å². The summed E-state index contributed by atoms with van der Waals surface area (Å²) in [4.78, 5) is 4.11. The second-order valence-corrected chi connectivity index (χ2v) is 6.68. The molecule has 10 heteroatoms. The van der Waals surface area contributed by atoms with E-state index in [-0.39, 0.29) is 23.9 Å². The fourth-order valence-electron chi connectivity index (χ4n) is 3.15. The van der Waals surface area contributed by atoms with Crippen LogP contribution < -0.4 is 9.47 Å². The summed E-state index contributed by atoms with van der Waals surface area (Å²) in [6.07, 6.45) is -2.47.